The van der Waals surface area contributed by atoms with E-state index in [1.807, 2.05) is 19.4 Å². The maximum absolute atomic E-state index is 12.1. The molecule has 1 aliphatic carbocycles. The van der Waals surface area contributed by atoms with Gasteiger partial charge in [-0.1, -0.05) is 25.0 Å². The Morgan fingerprint density at radius 2 is 2.14 bits per heavy atom. The van der Waals surface area contributed by atoms with Gasteiger partial charge in [0.05, 0.1) is 24.2 Å². The van der Waals surface area contributed by atoms with E-state index in [1.165, 1.54) is 5.56 Å². The van der Waals surface area contributed by atoms with Crippen LogP contribution in [0.1, 0.15) is 38.2 Å². The highest BCUT2D eigenvalue weighted by Crippen LogP contribution is 2.43. The van der Waals surface area contributed by atoms with Gasteiger partial charge in [0.15, 0.2) is 0 Å². The zero-order valence-corrected chi connectivity index (χ0v) is 14.2. The second-order valence-electron chi connectivity index (χ2n) is 6.42. The maximum Gasteiger partial charge on any atom is 0.133 e. The third kappa shape index (κ3) is 3.52. The summed E-state index contributed by atoms with van der Waals surface area (Å²) in [4.78, 5) is 4.18. The van der Waals surface area contributed by atoms with E-state index in [4.69, 9.17) is 5.73 Å². The number of pyridine rings is 1. The Morgan fingerprint density at radius 1 is 1.43 bits per heavy atom. The molecular weight excluding hydrogens is 282 g/mol. The normalized spacial score (nSPS) is 31.2. The molecule has 0 aliphatic heterocycles. The number of nitrogens with zero attached hydrogens (tertiary/aromatic N) is 1. The van der Waals surface area contributed by atoms with Crippen molar-refractivity contribution in [2.45, 2.75) is 43.9 Å². The zero-order chi connectivity index (χ0) is 15.6. The summed E-state index contributed by atoms with van der Waals surface area (Å²) in [6.45, 7) is 4.43. The summed E-state index contributed by atoms with van der Waals surface area (Å²) >= 11 is -0.864. The number of anilines is 1. The molecule has 4 nitrogen and oxygen atoms in total. The molecule has 5 heteroatoms. The highest BCUT2D eigenvalue weighted by molar-refractivity contribution is 7.91. The summed E-state index contributed by atoms with van der Waals surface area (Å²) in [5.74, 6) is 1.31. The molecule has 1 fully saturated rings. The fourth-order valence-corrected chi connectivity index (χ4v) is 5.23. The van der Waals surface area contributed by atoms with Gasteiger partial charge in [0, 0.05) is 19.2 Å². The minimum Gasteiger partial charge on any atom is -0.616 e. The Balaban J connectivity index is 2.28. The molecule has 0 amide bonds. The van der Waals surface area contributed by atoms with Crippen LogP contribution in [0.5, 0.6) is 0 Å². The first-order valence-corrected chi connectivity index (χ1v) is 9.27. The molecule has 21 heavy (non-hydrogen) atoms. The largest absolute Gasteiger partial charge is 0.616 e. The van der Waals surface area contributed by atoms with Crippen LogP contribution in [-0.2, 0) is 11.2 Å². The first kappa shape index (κ1) is 16.6. The molecule has 1 aromatic rings. The second kappa shape index (κ2) is 6.99. The molecule has 1 aromatic heterocycles. The number of aromatic nitrogens is 1. The van der Waals surface area contributed by atoms with Gasteiger partial charge in [-0.2, -0.15) is 0 Å². The molecular formula is C16H27N3OS. The van der Waals surface area contributed by atoms with E-state index < -0.39 is 11.2 Å². The summed E-state index contributed by atoms with van der Waals surface area (Å²) in [7, 11) is 1.92. The van der Waals surface area contributed by atoms with Gasteiger partial charge in [0.2, 0.25) is 0 Å². The molecule has 0 radical (unpaired) electrons. The summed E-state index contributed by atoms with van der Waals surface area (Å²) in [6.07, 6.45) is 7.46. The van der Waals surface area contributed by atoms with Gasteiger partial charge >= 0.3 is 0 Å². The van der Waals surface area contributed by atoms with Gasteiger partial charge in [-0.25, -0.2) is 0 Å². The minimum atomic E-state index is -0.864. The molecule has 0 saturated heterocycles. The van der Waals surface area contributed by atoms with Crippen LogP contribution in [0.15, 0.2) is 18.5 Å². The molecule has 5 atom stereocenters. The van der Waals surface area contributed by atoms with Crippen molar-refractivity contribution in [3.63, 3.8) is 0 Å². The van der Waals surface area contributed by atoms with Crippen molar-refractivity contribution < 1.29 is 4.55 Å². The fraction of sp³-hybridized carbons (Fsp3) is 0.688. The SMILES string of the molecule is CNc1cnccc1C1CC(N)C([S+](C)[O-])C(C(C)C)C1. The van der Waals surface area contributed by atoms with Crippen molar-refractivity contribution >= 4 is 16.9 Å². The summed E-state index contributed by atoms with van der Waals surface area (Å²) in [5, 5.41) is 3.33. The molecule has 118 valence electrons. The van der Waals surface area contributed by atoms with Crippen molar-refractivity contribution in [1.29, 1.82) is 0 Å². The lowest BCUT2D eigenvalue weighted by Crippen LogP contribution is -2.51. The second-order valence-corrected chi connectivity index (χ2v) is 7.96. The van der Waals surface area contributed by atoms with Gasteiger partial charge < -0.3 is 15.6 Å². The zero-order valence-electron chi connectivity index (χ0n) is 13.4. The van der Waals surface area contributed by atoms with Gasteiger partial charge in [0.25, 0.3) is 0 Å². The molecule has 5 unspecified atom stereocenters. The number of nitrogens with two attached hydrogens (primary N) is 1. The predicted octanol–water partition coefficient (Wildman–Crippen LogP) is 2.35. The third-order valence-corrected chi connectivity index (χ3v) is 6.23. The Morgan fingerprint density at radius 3 is 2.71 bits per heavy atom. The van der Waals surface area contributed by atoms with E-state index in [-0.39, 0.29) is 11.3 Å². The van der Waals surface area contributed by atoms with Crippen LogP contribution in [0.25, 0.3) is 0 Å². The van der Waals surface area contributed by atoms with Gasteiger partial charge in [0.1, 0.15) is 5.25 Å². The smallest absolute Gasteiger partial charge is 0.133 e. The average molecular weight is 309 g/mol. The number of hydrogen-bond acceptors (Lipinski definition) is 4. The van der Waals surface area contributed by atoms with Crippen LogP contribution in [0.2, 0.25) is 0 Å². The highest BCUT2D eigenvalue weighted by Gasteiger charge is 2.43. The maximum atomic E-state index is 12.1. The van der Waals surface area contributed by atoms with E-state index >= 15 is 0 Å². The standard InChI is InChI=1S/C16H27N3OS/c1-10(2)13-7-11(8-14(17)16(13)21(4)20)12-5-6-19-9-15(12)18-3/h5-6,9-11,13-14,16,18H,7-8,17H2,1-4H3. The van der Waals surface area contributed by atoms with Crippen LogP contribution < -0.4 is 11.1 Å². The molecule has 0 bridgehead atoms. The number of nitrogens with one attached hydrogen (secondary N) is 1. The van der Waals surface area contributed by atoms with Crippen molar-refractivity contribution in [2.24, 2.45) is 17.6 Å². The summed E-state index contributed by atoms with van der Waals surface area (Å²) in [5.41, 5.74) is 8.76. The van der Waals surface area contributed by atoms with Crippen LogP contribution in [0.3, 0.4) is 0 Å². The quantitative estimate of drug-likeness (QED) is 0.837. The van der Waals surface area contributed by atoms with Gasteiger partial charge in [-0.3, -0.25) is 4.98 Å². The molecule has 1 heterocycles. The lowest BCUT2D eigenvalue weighted by molar-refractivity contribution is 0.235. The molecule has 0 spiro atoms. The van der Waals surface area contributed by atoms with Gasteiger partial charge in [-0.15, -0.1) is 0 Å². The van der Waals surface area contributed by atoms with Crippen molar-refractivity contribution in [2.75, 3.05) is 18.6 Å². The Labute approximate surface area is 131 Å². The molecule has 2 rings (SSSR count). The molecule has 1 saturated carbocycles. The van der Waals surface area contributed by atoms with Crippen LogP contribution in [-0.4, -0.2) is 34.1 Å². The fourth-order valence-electron chi connectivity index (χ4n) is 3.71. The van der Waals surface area contributed by atoms with E-state index in [1.54, 1.807) is 6.26 Å². The molecule has 0 aromatic carbocycles. The Kier molecular flexibility index (Phi) is 5.52. The summed E-state index contributed by atoms with van der Waals surface area (Å²) < 4.78 is 12.1. The van der Waals surface area contributed by atoms with E-state index in [0.29, 0.717) is 17.8 Å². The van der Waals surface area contributed by atoms with Crippen LogP contribution >= 0.6 is 0 Å². The highest BCUT2D eigenvalue weighted by atomic mass is 32.2. The monoisotopic (exact) mass is 309 g/mol. The van der Waals surface area contributed by atoms with Crippen LogP contribution in [0, 0.1) is 11.8 Å². The average Bonchev–Trinajstić information content (AvgIpc) is 2.45. The third-order valence-electron chi connectivity index (χ3n) is 4.76. The summed E-state index contributed by atoms with van der Waals surface area (Å²) in [6, 6.07) is 2.09. The minimum absolute atomic E-state index is 0.000134. The van der Waals surface area contributed by atoms with E-state index in [0.717, 1.165) is 18.5 Å². The Hall–Kier alpha value is -0.780. The van der Waals surface area contributed by atoms with Crippen LogP contribution in [0.4, 0.5) is 5.69 Å². The topological polar surface area (TPSA) is 74.0 Å². The lowest BCUT2D eigenvalue weighted by Gasteiger charge is -2.42. The van der Waals surface area contributed by atoms with E-state index in [9.17, 15) is 4.55 Å². The number of hydrogen-bond donors (Lipinski definition) is 2. The molecule has 3 N–H and O–H groups in total. The van der Waals surface area contributed by atoms with Crippen molar-refractivity contribution in [3.05, 3.63) is 24.0 Å². The van der Waals surface area contributed by atoms with E-state index in [2.05, 4.69) is 30.2 Å². The van der Waals surface area contributed by atoms with Crippen molar-refractivity contribution in [3.8, 4) is 0 Å². The first-order valence-electron chi connectivity index (χ1n) is 7.65. The number of rotatable bonds is 4. The predicted molar refractivity (Wildman–Crippen MR) is 89.9 cm³/mol. The molecule has 1 aliphatic rings. The Bertz CT molecular complexity index is 467. The van der Waals surface area contributed by atoms with Crippen molar-refractivity contribution in [1.82, 2.24) is 4.98 Å². The first-order chi connectivity index (χ1) is 9.95. The lowest BCUT2D eigenvalue weighted by atomic mass is 9.71. The van der Waals surface area contributed by atoms with Gasteiger partial charge in [-0.05, 0) is 36.3 Å².